The van der Waals surface area contributed by atoms with Gasteiger partial charge in [0.1, 0.15) is 5.75 Å². The van der Waals surface area contributed by atoms with Crippen molar-refractivity contribution >= 4 is 29.3 Å². The standard InChI is InChI=1S/C24H27N5O3S/c1-5-10-29-23(17(4)32-18-12-15(2)11-16(3)13-18)27-28-24(29)33-14-21(30)26-20-9-7-6-8-19(20)22(25)31/h5-9,11-13,17H,1,10,14H2,2-4H3,(H2,25,31)(H,26,30). The van der Waals surface area contributed by atoms with Crippen LogP contribution in [-0.4, -0.2) is 32.3 Å². The normalized spacial score (nSPS) is 11.6. The first kappa shape index (κ1) is 24.1. The Kier molecular flexibility index (Phi) is 7.89. The van der Waals surface area contributed by atoms with Gasteiger partial charge in [-0.2, -0.15) is 0 Å². The lowest BCUT2D eigenvalue weighted by Crippen LogP contribution is -2.19. The number of anilines is 1. The minimum atomic E-state index is -0.605. The Labute approximate surface area is 197 Å². The lowest BCUT2D eigenvalue weighted by molar-refractivity contribution is -0.113. The molecule has 1 atom stereocenters. The maximum atomic E-state index is 12.5. The van der Waals surface area contributed by atoms with Crippen LogP contribution in [0.3, 0.4) is 0 Å². The van der Waals surface area contributed by atoms with E-state index in [1.54, 1.807) is 30.3 Å². The number of hydrogen-bond donors (Lipinski definition) is 2. The second kappa shape index (κ2) is 10.8. The fraction of sp³-hybridized carbons (Fsp3) is 0.250. The van der Waals surface area contributed by atoms with Gasteiger partial charge in [0.25, 0.3) is 5.91 Å². The fourth-order valence-electron chi connectivity index (χ4n) is 3.39. The Morgan fingerprint density at radius 2 is 1.91 bits per heavy atom. The number of benzene rings is 2. The lowest BCUT2D eigenvalue weighted by atomic mass is 10.1. The number of allylic oxidation sites excluding steroid dienone is 1. The van der Waals surface area contributed by atoms with Crippen molar-refractivity contribution in [2.75, 3.05) is 11.1 Å². The van der Waals surface area contributed by atoms with Crippen molar-refractivity contribution in [3.8, 4) is 5.75 Å². The molecule has 172 valence electrons. The van der Waals surface area contributed by atoms with E-state index in [-0.39, 0.29) is 23.3 Å². The highest BCUT2D eigenvalue weighted by atomic mass is 32.2. The van der Waals surface area contributed by atoms with Gasteiger partial charge in [-0.25, -0.2) is 0 Å². The number of ether oxygens (including phenoxy) is 1. The zero-order chi connectivity index (χ0) is 24.0. The number of nitrogens with zero attached hydrogens (tertiary/aromatic N) is 3. The van der Waals surface area contributed by atoms with E-state index in [0.29, 0.717) is 23.2 Å². The molecule has 0 spiro atoms. The molecule has 0 bridgehead atoms. The number of amides is 2. The highest BCUT2D eigenvalue weighted by Crippen LogP contribution is 2.26. The molecule has 0 aliphatic carbocycles. The van der Waals surface area contributed by atoms with Gasteiger partial charge in [-0.1, -0.05) is 36.0 Å². The van der Waals surface area contributed by atoms with Crippen LogP contribution < -0.4 is 15.8 Å². The van der Waals surface area contributed by atoms with Gasteiger partial charge in [0.2, 0.25) is 5.91 Å². The first-order valence-electron chi connectivity index (χ1n) is 10.4. The number of para-hydroxylation sites is 1. The Bertz CT molecular complexity index is 1150. The van der Waals surface area contributed by atoms with Gasteiger partial charge in [0.05, 0.1) is 17.0 Å². The van der Waals surface area contributed by atoms with Crippen molar-refractivity contribution in [3.63, 3.8) is 0 Å². The predicted octanol–water partition coefficient (Wildman–Crippen LogP) is 4.05. The maximum Gasteiger partial charge on any atom is 0.250 e. The van der Waals surface area contributed by atoms with E-state index in [0.717, 1.165) is 16.9 Å². The zero-order valence-electron chi connectivity index (χ0n) is 18.9. The number of thioether (sulfide) groups is 1. The fourth-order valence-corrected chi connectivity index (χ4v) is 4.14. The molecular weight excluding hydrogens is 438 g/mol. The van der Waals surface area contributed by atoms with Crippen LogP contribution in [0.2, 0.25) is 0 Å². The van der Waals surface area contributed by atoms with E-state index in [1.165, 1.54) is 11.8 Å². The minimum absolute atomic E-state index is 0.0781. The Hall–Kier alpha value is -3.59. The Balaban J connectivity index is 1.71. The Morgan fingerprint density at radius 1 is 1.21 bits per heavy atom. The number of aromatic nitrogens is 3. The summed E-state index contributed by atoms with van der Waals surface area (Å²) >= 11 is 1.24. The average molecular weight is 466 g/mol. The maximum absolute atomic E-state index is 12.5. The smallest absolute Gasteiger partial charge is 0.250 e. The molecule has 8 nitrogen and oxygen atoms in total. The summed E-state index contributed by atoms with van der Waals surface area (Å²) in [5, 5.41) is 11.8. The third-order valence-corrected chi connectivity index (χ3v) is 5.69. The molecule has 2 aromatic carbocycles. The highest BCUT2D eigenvalue weighted by Gasteiger charge is 2.20. The summed E-state index contributed by atoms with van der Waals surface area (Å²) in [7, 11) is 0. The van der Waals surface area contributed by atoms with Crippen LogP contribution in [0.4, 0.5) is 5.69 Å². The molecule has 0 aliphatic heterocycles. The molecule has 0 saturated heterocycles. The summed E-state index contributed by atoms with van der Waals surface area (Å²) < 4.78 is 7.98. The van der Waals surface area contributed by atoms with E-state index < -0.39 is 5.91 Å². The minimum Gasteiger partial charge on any atom is -0.483 e. The molecule has 3 rings (SSSR count). The number of primary amides is 1. The zero-order valence-corrected chi connectivity index (χ0v) is 19.7. The van der Waals surface area contributed by atoms with E-state index in [1.807, 2.05) is 37.5 Å². The van der Waals surface area contributed by atoms with Crippen LogP contribution in [0.25, 0.3) is 0 Å². The molecule has 33 heavy (non-hydrogen) atoms. The molecule has 0 fully saturated rings. The van der Waals surface area contributed by atoms with E-state index in [4.69, 9.17) is 10.5 Å². The topological polar surface area (TPSA) is 112 Å². The van der Waals surface area contributed by atoms with Gasteiger partial charge >= 0.3 is 0 Å². The second-order valence-corrected chi connectivity index (χ2v) is 8.51. The number of rotatable bonds is 10. The number of nitrogens with one attached hydrogen (secondary N) is 1. The van der Waals surface area contributed by atoms with Gasteiger partial charge in [0, 0.05) is 6.54 Å². The van der Waals surface area contributed by atoms with E-state index in [2.05, 4.69) is 28.2 Å². The third kappa shape index (κ3) is 6.23. The molecule has 3 aromatic rings. The quantitative estimate of drug-likeness (QED) is 0.345. The largest absolute Gasteiger partial charge is 0.483 e. The SMILES string of the molecule is C=CCn1c(SCC(=O)Nc2ccccc2C(N)=O)nnc1C(C)Oc1cc(C)cc(C)c1. The molecule has 1 heterocycles. The molecule has 1 unspecified atom stereocenters. The van der Waals surface area contributed by atoms with Crippen molar-refractivity contribution < 1.29 is 14.3 Å². The molecule has 0 aliphatic rings. The van der Waals surface area contributed by atoms with Crippen LogP contribution >= 0.6 is 11.8 Å². The van der Waals surface area contributed by atoms with Crippen LogP contribution in [0.15, 0.2) is 60.3 Å². The number of aryl methyl sites for hydroxylation is 2. The van der Waals surface area contributed by atoms with Crippen molar-refractivity contribution in [2.45, 2.75) is 38.6 Å². The van der Waals surface area contributed by atoms with Crippen molar-refractivity contribution in [1.82, 2.24) is 14.8 Å². The van der Waals surface area contributed by atoms with Crippen LogP contribution in [0.1, 0.15) is 40.3 Å². The molecule has 1 aromatic heterocycles. The van der Waals surface area contributed by atoms with Crippen LogP contribution in [0.5, 0.6) is 5.75 Å². The van der Waals surface area contributed by atoms with Gasteiger partial charge in [-0.3, -0.25) is 14.2 Å². The second-order valence-electron chi connectivity index (χ2n) is 7.57. The summed E-state index contributed by atoms with van der Waals surface area (Å²) in [6.45, 7) is 10.2. The third-order valence-electron chi connectivity index (χ3n) is 4.73. The van der Waals surface area contributed by atoms with Gasteiger partial charge in [-0.15, -0.1) is 16.8 Å². The summed E-state index contributed by atoms with van der Waals surface area (Å²) in [5.41, 5.74) is 8.23. The number of carbonyl (C=O) groups excluding carboxylic acids is 2. The highest BCUT2D eigenvalue weighted by molar-refractivity contribution is 7.99. The summed E-state index contributed by atoms with van der Waals surface area (Å²) in [4.78, 5) is 24.0. The number of nitrogens with two attached hydrogens (primary N) is 1. The lowest BCUT2D eigenvalue weighted by Gasteiger charge is -2.16. The predicted molar refractivity (Wildman–Crippen MR) is 129 cm³/mol. The van der Waals surface area contributed by atoms with E-state index >= 15 is 0 Å². The molecular formula is C24H27N5O3S. The summed E-state index contributed by atoms with van der Waals surface area (Å²) in [6.07, 6.45) is 1.38. The van der Waals surface area contributed by atoms with E-state index in [9.17, 15) is 9.59 Å². The summed E-state index contributed by atoms with van der Waals surface area (Å²) in [5.74, 6) is 0.579. The molecule has 0 saturated carbocycles. The molecule has 2 amide bonds. The van der Waals surface area contributed by atoms with Gasteiger partial charge in [-0.05, 0) is 56.2 Å². The van der Waals surface area contributed by atoms with Crippen molar-refractivity contribution in [2.24, 2.45) is 5.73 Å². The molecule has 3 N–H and O–H groups in total. The molecule has 0 radical (unpaired) electrons. The number of hydrogen-bond acceptors (Lipinski definition) is 6. The summed E-state index contributed by atoms with van der Waals surface area (Å²) in [6, 6.07) is 12.6. The first-order chi connectivity index (χ1) is 15.8. The first-order valence-corrected chi connectivity index (χ1v) is 11.4. The van der Waals surface area contributed by atoms with Gasteiger partial charge < -0.3 is 15.8 Å². The average Bonchev–Trinajstić information content (AvgIpc) is 3.15. The van der Waals surface area contributed by atoms with Gasteiger partial charge in [0.15, 0.2) is 17.1 Å². The van der Waals surface area contributed by atoms with Crippen molar-refractivity contribution in [3.05, 3.63) is 77.6 Å². The molecule has 9 heteroatoms. The number of carbonyl (C=O) groups is 2. The van der Waals surface area contributed by atoms with Crippen LogP contribution in [-0.2, 0) is 11.3 Å². The monoisotopic (exact) mass is 465 g/mol. The van der Waals surface area contributed by atoms with Crippen molar-refractivity contribution in [1.29, 1.82) is 0 Å². The van der Waals surface area contributed by atoms with Crippen LogP contribution in [0, 0.1) is 13.8 Å². The Morgan fingerprint density at radius 3 is 2.58 bits per heavy atom.